The molecule has 3 aromatic heterocycles. The number of nitrogens with zero attached hydrogens (tertiary/aromatic N) is 2. The maximum absolute atomic E-state index is 13.7. The predicted molar refractivity (Wildman–Crippen MR) is 264 cm³/mol. The summed E-state index contributed by atoms with van der Waals surface area (Å²) in [6.45, 7) is 23.9. The Kier molecular flexibility index (Phi) is 16.5. The highest BCUT2D eigenvalue weighted by Gasteiger charge is 2.41. The molecule has 65 heavy (non-hydrogen) atoms. The number of hydrogen-bond donors (Lipinski definition) is 4. The largest absolute Gasteiger partial charge is 0.512 e. The number of aromatic amines is 2. The van der Waals surface area contributed by atoms with E-state index in [1.807, 2.05) is 39.0 Å². The number of esters is 2. The lowest BCUT2D eigenvalue weighted by Crippen LogP contribution is -2.18. The number of methoxy groups -OCH3 is 1. The normalized spacial score (nSPS) is 20.6. The molecule has 6 rings (SSSR count). The number of rotatable bonds is 19. The lowest BCUT2D eigenvalue weighted by Gasteiger charge is -2.19. The number of carbonyl (C=O) groups is 2. The number of aliphatic hydroxyl groups is 2. The minimum atomic E-state index is -1.09. The van der Waals surface area contributed by atoms with Gasteiger partial charge in [-0.15, -0.1) is 0 Å². The second-order valence-electron chi connectivity index (χ2n) is 20.4. The lowest BCUT2D eigenvalue weighted by molar-refractivity contribution is -0.144. The summed E-state index contributed by atoms with van der Waals surface area (Å²) in [4.78, 5) is 44.7. The molecule has 8 bridgehead atoms. The van der Waals surface area contributed by atoms with Crippen LogP contribution in [0.3, 0.4) is 0 Å². The van der Waals surface area contributed by atoms with Crippen molar-refractivity contribution in [1.82, 2.24) is 19.9 Å². The van der Waals surface area contributed by atoms with Gasteiger partial charge >= 0.3 is 11.9 Å². The first-order valence-corrected chi connectivity index (χ1v) is 24.7. The van der Waals surface area contributed by atoms with Gasteiger partial charge in [0.15, 0.2) is 0 Å². The van der Waals surface area contributed by atoms with Gasteiger partial charge in [0.1, 0.15) is 11.7 Å². The molecule has 0 spiro atoms. The van der Waals surface area contributed by atoms with Gasteiger partial charge in [-0.2, -0.15) is 0 Å². The lowest BCUT2D eigenvalue weighted by atomic mass is 9.84. The Bertz CT molecular complexity index is 2540. The molecule has 2 aliphatic heterocycles. The van der Waals surface area contributed by atoms with Crippen LogP contribution in [0.4, 0.5) is 0 Å². The highest BCUT2D eigenvalue weighted by Crippen LogP contribution is 2.46. The molecule has 0 aromatic carbocycles. The van der Waals surface area contributed by atoms with E-state index < -0.39 is 11.9 Å². The molecule has 10 nitrogen and oxygen atoms in total. The van der Waals surface area contributed by atoms with Crippen molar-refractivity contribution in [1.29, 1.82) is 0 Å². The molecule has 10 heteroatoms. The van der Waals surface area contributed by atoms with Crippen LogP contribution in [0.5, 0.6) is 0 Å². The van der Waals surface area contributed by atoms with E-state index in [4.69, 9.17) is 19.4 Å². The van der Waals surface area contributed by atoms with Crippen molar-refractivity contribution in [3.63, 3.8) is 0 Å². The Labute approximate surface area is 387 Å². The topological polar surface area (TPSA) is 150 Å². The number of fused-ring (bicyclic) bond motifs is 8. The first-order chi connectivity index (χ1) is 30.9. The fourth-order valence-electron chi connectivity index (χ4n) is 10.7. The molecule has 3 aromatic rings. The molecule has 0 saturated heterocycles. The summed E-state index contributed by atoms with van der Waals surface area (Å²) in [7, 11) is 1.33. The van der Waals surface area contributed by atoms with E-state index in [1.165, 1.54) is 58.5 Å². The number of ether oxygens (including phenoxy) is 2. The van der Waals surface area contributed by atoms with Crippen LogP contribution in [0.25, 0.3) is 39.2 Å². The van der Waals surface area contributed by atoms with Gasteiger partial charge in [0.25, 0.3) is 0 Å². The molecule has 0 amide bonds. The summed E-state index contributed by atoms with van der Waals surface area (Å²) >= 11 is 0. The minimum Gasteiger partial charge on any atom is -0.512 e. The molecule has 3 aliphatic rings. The van der Waals surface area contributed by atoms with Gasteiger partial charge in [-0.3, -0.25) is 19.6 Å². The Morgan fingerprint density at radius 1 is 0.815 bits per heavy atom. The van der Waals surface area contributed by atoms with Gasteiger partial charge in [0.2, 0.25) is 0 Å². The van der Waals surface area contributed by atoms with Gasteiger partial charge in [0.05, 0.1) is 47.6 Å². The van der Waals surface area contributed by atoms with Crippen LogP contribution in [0.2, 0.25) is 0 Å². The first-order valence-electron chi connectivity index (χ1n) is 24.7. The maximum Gasteiger partial charge on any atom is 0.321 e. The maximum atomic E-state index is 13.7. The zero-order valence-corrected chi connectivity index (χ0v) is 41.5. The van der Waals surface area contributed by atoms with E-state index in [-0.39, 0.29) is 41.7 Å². The predicted octanol–water partition coefficient (Wildman–Crippen LogP) is 12.4. The Morgan fingerprint density at radius 2 is 1.42 bits per heavy atom. The van der Waals surface area contributed by atoms with Crippen LogP contribution in [0, 0.1) is 37.5 Å². The van der Waals surface area contributed by atoms with Gasteiger partial charge in [0, 0.05) is 56.9 Å². The van der Waals surface area contributed by atoms with E-state index >= 15 is 0 Å². The van der Waals surface area contributed by atoms with E-state index in [2.05, 4.69) is 64.5 Å². The van der Waals surface area contributed by atoms with Crippen molar-refractivity contribution >= 4 is 51.1 Å². The highest BCUT2D eigenvalue weighted by molar-refractivity contribution is 5.96. The molecular formula is C55H78N4O6. The molecular weight excluding hydrogens is 813 g/mol. The van der Waals surface area contributed by atoms with Gasteiger partial charge in [-0.1, -0.05) is 112 Å². The molecule has 4 N–H and O–H groups in total. The fraction of sp³-hybridized carbons (Fsp3) is 0.600. The second kappa shape index (κ2) is 21.6. The Morgan fingerprint density at radius 3 is 2.02 bits per heavy atom. The monoisotopic (exact) mass is 891 g/mol. The molecule has 5 heterocycles. The summed E-state index contributed by atoms with van der Waals surface area (Å²) < 4.78 is 11.2. The van der Waals surface area contributed by atoms with Crippen molar-refractivity contribution in [3.05, 3.63) is 74.2 Å². The Hall–Kier alpha value is -4.86. The van der Waals surface area contributed by atoms with E-state index in [1.54, 1.807) is 6.92 Å². The summed E-state index contributed by atoms with van der Waals surface area (Å²) in [6.07, 6.45) is 15.1. The van der Waals surface area contributed by atoms with Gasteiger partial charge in [-0.25, -0.2) is 0 Å². The fourth-order valence-corrected chi connectivity index (χ4v) is 10.7. The smallest absolute Gasteiger partial charge is 0.321 e. The van der Waals surface area contributed by atoms with Crippen LogP contribution in [-0.2, 0) is 19.1 Å². The third kappa shape index (κ3) is 11.1. The number of H-pyrrole nitrogens is 2. The summed E-state index contributed by atoms with van der Waals surface area (Å²) in [5.74, 6) is 0.549. The zero-order valence-electron chi connectivity index (χ0n) is 41.5. The number of aryl methyl sites for hydroxylation is 2. The average molecular weight is 891 g/mol. The SMILES string of the molecule is C/C=C1/c2cc3[nH]c4c(c5nc(cc6[nH]c(cc(n2)[C@@H]1C)c(=C(C)O)c6C)[C@@H](C)[C@@H]5CCC(=O)OCCC(C)CCC[C@@H](C)CCC[C@H](C)CCCC(C)C)[C@@H](C(=O)OC)C(O)=c4c3C. The molecule has 0 saturated carbocycles. The van der Waals surface area contributed by atoms with E-state index in [0.29, 0.717) is 46.2 Å². The quantitative estimate of drug-likeness (QED) is 0.0869. The summed E-state index contributed by atoms with van der Waals surface area (Å²) in [5.41, 5.74) is 9.22. The number of carbonyl (C=O) groups excluding carboxylic acids is 2. The standard InChI is InChI=1S/C55H78N4O6/c1-13-39-34(7)41-29-46-48(38(11)60)36(9)43(57-46)27-42-35(8)40(52(58-42)50-51(55(63)64-12)54(62)49-37(10)44(59-53(49)50)28-45(39)56-41)23-24-47(61)65-26-25-33(6)22-16-21-32(5)20-15-19-31(4)18-14-17-30(2)3/h13,27-35,40,51,57,59-60,62H,14-26H2,1-12H3/b39-13+,42-27?,45-28?,46-29?,48-38?/t31-,32+,33?,34-,35+,40+,51-/m1/s1. The number of nitrogens with one attached hydrogen (secondary N) is 2. The van der Waals surface area contributed by atoms with Crippen LogP contribution >= 0.6 is 0 Å². The summed E-state index contributed by atoms with van der Waals surface area (Å²) in [5, 5.41) is 24.2. The molecule has 1 aliphatic carbocycles. The van der Waals surface area contributed by atoms with Crippen molar-refractivity contribution in [2.75, 3.05) is 13.7 Å². The molecule has 7 atom stereocenters. The number of aliphatic hydroxyl groups excluding tert-OH is 2. The van der Waals surface area contributed by atoms with Crippen LogP contribution in [-0.4, -0.2) is 55.8 Å². The third-order valence-corrected chi connectivity index (χ3v) is 14.9. The Balaban J connectivity index is 1.23. The van der Waals surface area contributed by atoms with Gasteiger partial charge in [-0.05, 0) is 99.1 Å². The average Bonchev–Trinajstić information content (AvgIpc) is 4.00. The first kappa shape index (κ1) is 49.6. The molecule has 1 unspecified atom stereocenters. The summed E-state index contributed by atoms with van der Waals surface area (Å²) in [6, 6.07) is 6.02. The van der Waals surface area contributed by atoms with Crippen molar-refractivity contribution < 1.29 is 29.3 Å². The zero-order chi connectivity index (χ0) is 47.3. The minimum absolute atomic E-state index is 0.0127. The van der Waals surface area contributed by atoms with Crippen molar-refractivity contribution in [2.45, 2.75) is 177 Å². The third-order valence-electron chi connectivity index (χ3n) is 14.9. The van der Waals surface area contributed by atoms with Crippen LogP contribution in [0.15, 0.2) is 24.3 Å². The van der Waals surface area contributed by atoms with Crippen LogP contribution in [0.1, 0.15) is 203 Å². The molecule has 0 fully saturated rings. The van der Waals surface area contributed by atoms with E-state index in [9.17, 15) is 19.8 Å². The molecule has 354 valence electrons. The van der Waals surface area contributed by atoms with E-state index in [0.717, 1.165) is 80.9 Å². The van der Waals surface area contributed by atoms with Crippen molar-refractivity contribution in [2.24, 2.45) is 23.7 Å². The highest BCUT2D eigenvalue weighted by atomic mass is 16.5. The molecule has 0 radical (unpaired) electrons. The number of hydrogen-bond acceptors (Lipinski definition) is 8. The second-order valence-corrected chi connectivity index (χ2v) is 20.4. The number of aromatic nitrogens is 4. The van der Waals surface area contributed by atoms with Crippen LogP contribution < -0.4 is 10.4 Å². The number of allylic oxidation sites excluding steroid dienone is 2. The van der Waals surface area contributed by atoms with Crippen molar-refractivity contribution in [3.8, 4) is 0 Å². The van der Waals surface area contributed by atoms with Gasteiger partial charge < -0.3 is 29.7 Å².